The molecule has 0 aliphatic carbocycles. The van der Waals surface area contributed by atoms with Crippen LogP contribution in [0.1, 0.15) is 46.5 Å². The summed E-state index contributed by atoms with van der Waals surface area (Å²) in [5, 5.41) is 10.3. The Bertz CT molecular complexity index is 226. The maximum Gasteiger partial charge on any atom is 0.0641 e. The lowest BCUT2D eigenvalue weighted by Crippen LogP contribution is -2.28. The standard InChI is InChI=1S/C13H24OS2/c1-11(2)6-4-7-13(3,14)10-12-15-8-5-9-16-12/h6,12,14H,4-5,7-10H2,1-3H3. The highest BCUT2D eigenvalue weighted by Gasteiger charge is 2.26. The summed E-state index contributed by atoms with van der Waals surface area (Å²) < 4.78 is 0.607. The minimum absolute atomic E-state index is 0.492. The second-order valence-corrected chi connectivity index (χ2v) is 7.97. The van der Waals surface area contributed by atoms with Crippen LogP contribution in [-0.4, -0.2) is 26.8 Å². The van der Waals surface area contributed by atoms with Gasteiger partial charge in [0.1, 0.15) is 0 Å². The molecule has 94 valence electrons. The van der Waals surface area contributed by atoms with E-state index in [0.29, 0.717) is 4.58 Å². The van der Waals surface area contributed by atoms with Crippen molar-refractivity contribution in [1.82, 2.24) is 0 Å². The molecule has 1 nitrogen and oxygen atoms in total. The third-order valence-electron chi connectivity index (χ3n) is 2.74. The smallest absolute Gasteiger partial charge is 0.0641 e. The lowest BCUT2D eigenvalue weighted by molar-refractivity contribution is 0.0473. The summed E-state index contributed by atoms with van der Waals surface area (Å²) in [6.07, 6.45) is 6.35. The van der Waals surface area contributed by atoms with Crippen molar-refractivity contribution in [2.24, 2.45) is 0 Å². The Morgan fingerprint density at radius 1 is 1.38 bits per heavy atom. The number of hydrogen-bond donors (Lipinski definition) is 1. The van der Waals surface area contributed by atoms with Gasteiger partial charge in [0, 0.05) is 0 Å². The largest absolute Gasteiger partial charge is 0.390 e. The van der Waals surface area contributed by atoms with Crippen LogP contribution in [0, 0.1) is 0 Å². The summed E-state index contributed by atoms with van der Waals surface area (Å²) in [6.45, 7) is 6.21. The van der Waals surface area contributed by atoms with Crippen LogP contribution in [0.2, 0.25) is 0 Å². The molecule has 1 rings (SSSR count). The third-order valence-corrected chi connectivity index (χ3v) is 5.68. The van der Waals surface area contributed by atoms with Crippen LogP contribution >= 0.6 is 23.5 Å². The van der Waals surface area contributed by atoms with Crippen LogP contribution in [0.4, 0.5) is 0 Å². The highest BCUT2D eigenvalue weighted by molar-refractivity contribution is 8.17. The average Bonchev–Trinajstić information content (AvgIpc) is 2.17. The molecule has 0 aromatic rings. The topological polar surface area (TPSA) is 20.2 Å². The molecule has 0 aromatic carbocycles. The molecule has 0 radical (unpaired) electrons. The summed E-state index contributed by atoms with van der Waals surface area (Å²) in [6, 6.07) is 0. The number of hydrogen-bond acceptors (Lipinski definition) is 3. The minimum Gasteiger partial charge on any atom is -0.390 e. The molecular formula is C13H24OS2. The Labute approximate surface area is 108 Å². The predicted octanol–water partition coefficient (Wildman–Crippen LogP) is 4.07. The first kappa shape index (κ1) is 14.5. The molecule has 1 aliphatic rings. The van der Waals surface area contributed by atoms with Gasteiger partial charge in [-0.25, -0.2) is 0 Å². The van der Waals surface area contributed by atoms with Crippen LogP contribution in [0.3, 0.4) is 0 Å². The molecule has 1 unspecified atom stereocenters. The van der Waals surface area contributed by atoms with E-state index >= 15 is 0 Å². The van der Waals surface area contributed by atoms with Crippen molar-refractivity contribution < 1.29 is 5.11 Å². The Balaban J connectivity index is 2.29. The Morgan fingerprint density at radius 3 is 2.56 bits per heavy atom. The van der Waals surface area contributed by atoms with Crippen LogP contribution in [0.25, 0.3) is 0 Å². The van der Waals surface area contributed by atoms with E-state index in [1.807, 2.05) is 30.4 Å². The molecular weight excluding hydrogens is 236 g/mol. The van der Waals surface area contributed by atoms with Crippen molar-refractivity contribution in [3.63, 3.8) is 0 Å². The van der Waals surface area contributed by atoms with E-state index < -0.39 is 5.60 Å². The molecule has 1 N–H and O–H groups in total. The lowest BCUT2D eigenvalue weighted by Gasteiger charge is -2.29. The normalized spacial score (nSPS) is 21.5. The van der Waals surface area contributed by atoms with E-state index in [1.54, 1.807) is 0 Å². The molecule has 1 heterocycles. The molecule has 0 saturated carbocycles. The molecule has 1 aliphatic heterocycles. The third kappa shape index (κ3) is 6.21. The van der Waals surface area contributed by atoms with Gasteiger partial charge < -0.3 is 5.11 Å². The fraction of sp³-hybridized carbons (Fsp3) is 0.846. The van der Waals surface area contributed by atoms with Gasteiger partial charge in [-0.2, -0.15) is 0 Å². The van der Waals surface area contributed by atoms with Gasteiger partial charge in [0.2, 0.25) is 0 Å². The van der Waals surface area contributed by atoms with E-state index in [-0.39, 0.29) is 0 Å². The molecule has 1 saturated heterocycles. The Hall–Kier alpha value is 0.400. The average molecular weight is 260 g/mol. The Morgan fingerprint density at radius 2 is 2.00 bits per heavy atom. The zero-order valence-corrected chi connectivity index (χ0v) is 12.3. The van der Waals surface area contributed by atoms with Crippen molar-refractivity contribution in [2.75, 3.05) is 11.5 Å². The van der Waals surface area contributed by atoms with Gasteiger partial charge in [-0.15, -0.1) is 23.5 Å². The number of allylic oxidation sites excluding steroid dienone is 2. The maximum absolute atomic E-state index is 10.3. The quantitative estimate of drug-likeness (QED) is 0.753. The maximum atomic E-state index is 10.3. The second-order valence-electron chi connectivity index (χ2n) is 5.05. The number of rotatable bonds is 5. The van der Waals surface area contributed by atoms with Gasteiger partial charge in [0.05, 0.1) is 10.2 Å². The molecule has 0 bridgehead atoms. The van der Waals surface area contributed by atoms with E-state index in [4.69, 9.17) is 0 Å². The first-order chi connectivity index (χ1) is 7.49. The van der Waals surface area contributed by atoms with Gasteiger partial charge in [-0.05, 0) is 58.0 Å². The van der Waals surface area contributed by atoms with Crippen molar-refractivity contribution in [3.05, 3.63) is 11.6 Å². The fourth-order valence-corrected chi connectivity index (χ4v) is 5.03. The molecule has 0 amide bonds. The van der Waals surface area contributed by atoms with Crippen LogP contribution < -0.4 is 0 Å². The highest BCUT2D eigenvalue weighted by atomic mass is 32.2. The number of thioether (sulfide) groups is 2. The van der Waals surface area contributed by atoms with Crippen LogP contribution in [0.15, 0.2) is 11.6 Å². The molecule has 3 heteroatoms. The molecule has 1 atom stereocenters. The summed E-state index contributed by atoms with van der Waals surface area (Å²) >= 11 is 4.03. The first-order valence-corrected chi connectivity index (χ1v) is 8.18. The molecule has 16 heavy (non-hydrogen) atoms. The van der Waals surface area contributed by atoms with Gasteiger partial charge in [-0.3, -0.25) is 0 Å². The number of aliphatic hydroxyl groups is 1. The van der Waals surface area contributed by atoms with Gasteiger partial charge >= 0.3 is 0 Å². The second kappa shape index (κ2) is 6.97. The van der Waals surface area contributed by atoms with Gasteiger partial charge in [0.15, 0.2) is 0 Å². The van der Waals surface area contributed by atoms with E-state index in [2.05, 4.69) is 19.9 Å². The van der Waals surface area contributed by atoms with Crippen molar-refractivity contribution in [3.8, 4) is 0 Å². The predicted molar refractivity (Wildman–Crippen MR) is 77.2 cm³/mol. The van der Waals surface area contributed by atoms with Gasteiger partial charge in [0.25, 0.3) is 0 Å². The summed E-state index contributed by atoms with van der Waals surface area (Å²) in [5.74, 6) is 2.53. The first-order valence-electron chi connectivity index (χ1n) is 6.08. The van der Waals surface area contributed by atoms with E-state index in [0.717, 1.165) is 19.3 Å². The zero-order valence-electron chi connectivity index (χ0n) is 10.7. The van der Waals surface area contributed by atoms with Crippen LogP contribution in [0.5, 0.6) is 0 Å². The molecule has 0 spiro atoms. The van der Waals surface area contributed by atoms with E-state index in [9.17, 15) is 5.11 Å². The molecule has 1 fully saturated rings. The SMILES string of the molecule is CC(C)=CCCC(C)(O)CC1SCCCS1. The van der Waals surface area contributed by atoms with Gasteiger partial charge in [-0.1, -0.05) is 11.6 Å². The minimum atomic E-state index is -0.492. The lowest BCUT2D eigenvalue weighted by atomic mass is 9.96. The molecule has 0 aromatic heterocycles. The summed E-state index contributed by atoms with van der Waals surface area (Å²) in [7, 11) is 0. The van der Waals surface area contributed by atoms with Crippen molar-refractivity contribution in [1.29, 1.82) is 0 Å². The fourth-order valence-electron chi connectivity index (χ4n) is 1.79. The van der Waals surface area contributed by atoms with Crippen molar-refractivity contribution in [2.45, 2.75) is 56.6 Å². The monoisotopic (exact) mass is 260 g/mol. The van der Waals surface area contributed by atoms with Crippen molar-refractivity contribution >= 4 is 23.5 Å². The summed E-state index contributed by atoms with van der Waals surface area (Å²) in [5.41, 5.74) is 0.853. The Kier molecular flexibility index (Phi) is 6.30. The highest BCUT2D eigenvalue weighted by Crippen LogP contribution is 2.37. The van der Waals surface area contributed by atoms with Crippen LogP contribution in [-0.2, 0) is 0 Å². The zero-order chi connectivity index (χ0) is 12.0. The van der Waals surface area contributed by atoms with E-state index in [1.165, 1.54) is 23.5 Å². The summed E-state index contributed by atoms with van der Waals surface area (Å²) in [4.78, 5) is 0.